The summed E-state index contributed by atoms with van der Waals surface area (Å²) in [5.41, 5.74) is 2.48. The molecule has 1 unspecified atom stereocenters. The Bertz CT molecular complexity index is 937. The molecule has 3 atom stereocenters. The van der Waals surface area contributed by atoms with Gasteiger partial charge in [0.1, 0.15) is 5.75 Å². The Morgan fingerprint density at radius 2 is 1.70 bits per heavy atom. The van der Waals surface area contributed by atoms with Gasteiger partial charge in [-0.25, -0.2) is 0 Å². The van der Waals surface area contributed by atoms with Crippen LogP contribution in [0.4, 0.5) is 0 Å². The molecule has 1 N–H and O–H groups in total. The van der Waals surface area contributed by atoms with E-state index in [4.69, 9.17) is 4.74 Å². The monoisotopic (exact) mass is 447 g/mol. The zero-order valence-electron chi connectivity index (χ0n) is 20.0. The molecule has 3 fully saturated rings. The molecule has 5 rings (SSSR count). The number of carbonyl (C=O) groups excluding carboxylic acids is 1. The van der Waals surface area contributed by atoms with Crippen LogP contribution >= 0.6 is 0 Å². The van der Waals surface area contributed by atoms with Crippen molar-refractivity contribution in [2.24, 2.45) is 11.3 Å². The number of hydrogen-bond acceptors (Lipinski definition) is 4. The summed E-state index contributed by atoms with van der Waals surface area (Å²) in [5, 5.41) is 3.64. The van der Waals surface area contributed by atoms with E-state index in [9.17, 15) is 4.79 Å². The maximum atomic E-state index is 13.5. The lowest BCUT2D eigenvalue weighted by Gasteiger charge is -2.43. The molecule has 1 amide bonds. The predicted molar refractivity (Wildman–Crippen MR) is 131 cm³/mol. The normalized spacial score (nSPS) is 26.1. The van der Waals surface area contributed by atoms with E-state index in [-0.39, 0.29) is 5.41 Å². The molecule has 5 nitrogen and oxygen atoms in total. The molecule has 3 aliphatic rings. The quantitative estimate of drug-likeness (QED) is 0.730. The molecular weight excluding hydrogens is 410 g/mol. The van der Waals surface area contributed by atoms with Crippen LogP contribution in [0, 0.1) is 11.3 Å². The van der Waals surface area contributed by atoms with Gasteiger partial charge in [0.25, 0.3) is 0 Å². The highest BCUT2D eigenvalue weighted by Gasteiger charge is 2.49. The van der Waals surface area contributed by atoms with E-state index in [2.05, 4.69) is 64.5 Å². The highest BCUT2D eigenvalue weighted by atomic mass is 16.5. The van der Waals surface area contributed by atoms with E-state index < -0.39 is 0 Å². The summed E-state index contributed by atoms with van der Waals surface area (Å²) in [4.78, 5) is 18.2. The Kier molecular flexibility index (Phi) is 6.44. The lowest BCUT2D eigenvalue weighted by Crippen LogP contribution is -2.50. The van der Waals surface area contributed by atoms with Gasteiger partial charge < -0.3 is 19.9 Å². The van der Waals surface area contributed by atoms with Gasteiger partial charge in [-0.2, -0.15) is 0 Å². The minimum absolute atomic E-state index is 0.143. The lowest BCUT2D eigenvalue weighted by atomic mass is 9.75. The van der Waals surface area contributed by atoms with Crippen molar-refractivity contribution in [1.82, 2.24) is 15.1 Å². The zero-order chi connectivity index (χ0) is 22.8. The highest BCUT2D eigenvalue weighted by molar-refractivity contribution is 5.85. The van der Waals surface area contributed by atoms with Crippen molar-refractivity contribution >= 4 is 5.91 Å². The van der Waals surface area contributed by atoms with E-state index in [1.165, 1.54) is 11.1 Å². The Morgan fingerprint density at radius 1 is 1.00 bits per heavy atom. The Morgan fingerprint density at radius 3 is 2.39 bits per heavy atom. The van der Waals surface area contributed by atoms with Crippen LogP contribution in [0.3, 0.4) is 0 Å². The number of methoxy groups -OCH3 is 1. The number of rotatable bonds is 6. The molecular formula is C28H37N3O2. The van der Waals surface area contributed by atoms with Gasteiger partial charge in [0, 0.05) is 38.1 Å². The van der Waals surface area contributed by atoms with Crippen molar-refractivity contribution in [3.63, 3.8) is 0 Å². The van der Waals surface area contributed by atoms with E-state index in [1.54, 1.807) is 7.11 Å². The number of hydrogen-bond donors (Lipinski definition) is 1. The molecule has 0 aromatic heterocycles. The first-order valence-corrected chi connectivity index (χ1v) is 12.5. The Labute approximate surface area is 198 Å². The minimum atomic E-state index is -0.143. The second-order valence-electron chi connectivity index (χ2n) is 10.2. The van der Waals surface area contributed by atoms with Crippen LogP contribution in [0.1, 0.15) is 43.2 Å². The van der Waals surface area contributed by atoms with E-state index in [1.807, 2.05) is 12.1 Å². The summed E-state index contributed by atoms with van der Waals surface area (Å²) < 4.78 is 5.26. The molecule has 0 aliphatic carbocycles. The standard InChI is InChI=1S/C28H37N3O2/c1-21(25-18-29-19-26(25)23-6-4-3-5-7-23)30-15-12-28(13-16-30)14-17-31(27(28)32)20-22-8-10-24(33-2)11-9-22/h3-11,21,25-26,29H,12-20H2,1-2H3/t21?,25-,26-/m1/s1. The molecule has 176 valence electrons. The summed E-state index contributed by atoms with van der Waals surface area (Å²) in [6.45, 7) is 8.19. The number of amides is 1. The first kappa shape index (κ1) is 22.4. The van der Waals surface area contributed by atoms with Gasteiger partial charge in [0.2, 0.25) is 5.91 Å². The number of carbonyl (C=O) groups is 1. The first-order valence-electron chi connectivity index (χ1n) is 12.5. The predicted octanol–water partition coefficient (Wildman–Crippen LogP) is 3.90. The van der Waals surface area contributed by atoms with Crippen LogP contribution in [0.2, 0.25) is 0 Å². The topological polar surface area (TPSA) is 44.8 Å². The molecule has 1 spiro atoms. The summed E-state index contributed by atoms with van der Waals surface area (Å²) in [6, 6.07) is 19.6. The smallest absolute Gasteiger partial charge is 0.229 e. The van der Waals surface area contributed by atoms with Crippen LogP contribution in [0.5, 0.6) is 5.75 Å². The maximum absolute atomic E-state index is 13.5. The number of nitrogens with one attached hydrogen (secondary N) is 1. The molecule has 33 heavy (non-hydrogen) atoms. The molecule has 0 saturated carbocycles. The van der Waals surface area contributed by atoms with Crippen molar-refractivity contribution in [3.8, 4) is 5.75 Å². The lowest BCUT2D eigenvalue weighted by molar-refractivity contribution is -0.139. The van der Waals surface area contributed by atoms with Gasteiger partial charge in [-0.3, -0.25) is 4.79 Å². The third kappa shape index (κ3) is 4.41. The van der Waals surface area contributed by atoms with E-state index in [0.29, 0.717) is 30.3 Å². The summed E-state index contributed by atoms with van der Waals surface area (Å²) in [7, 11) is 1.68. The average molecular weight is 448 g/mol. The fourth-order valence-corrected chi connectivity index (χ4v) is 6.36. The number of nitrogens with zero attached hydrogens (tertiary/aromatic N) is 2. The third-order valence-electron chi connectivity index (χ3n) is 8.57. The van der Waals surface area contributed by atoms with Crippen molar-refractivity contribution < 1.29 is 9.53 Å². The third-order valence-corrected chi connectivity index (χ3v) is 8.57. The molecule has 3 saturated heterocycles. The number of benzene rings is 2. The molecule has 3 aliphatic heterocycles. The van der Waals surface area contributed by atoms with Gasteiger partial charge >= 0.3 is 0 Å². The first-order chi connectivity index (χ1) is 16.1. The maximum Gasteiger partial charge on any atom is 0.229 e. The summed E-state index contributed by atoms with van der Waals surface area (Å²) in [5.74, 6) is 2.42. The zero-order valence-corrected chi connectivity index (χ0v) is 20.0. The number of likely N-dealkylation sites (tertiary alicyclic amines) is 2. The molecule has 2 aromatic carbocycles. The Balaban J connectivity index is 1.19. The van der Waals surface area contributed by atoms with Gasteiger partial charge in [-0.05, 0) is 68.5 Å². The van der Waals surface area contributed by atoms with Gasteiger partial charge in [-0.1, -0.05) is 42.5 Å². The van der Waals surface area contributed by atoms with Crippen LogP contribution in [0.25, 0.3) is 0 Å². The highest BCUT2D eigenvalue weighted by Crippen LogP contribution is 2.43. The number of ether oxygens (including phenoxy) is 1. The van der Waals surface area contributed by atoms with Crippen molar-refractivity contribution in [2.75, 3.05) is 39.8 Å². The van der Waals surface area contributed by atoms with E-state index in [0.717, 1.165) is 57.7 Å². The fourth-order valence-electron chi connectivity index (χ4n) is 6.36. The molecule has 3 heterocycles. The van der Waals surface area contributed by atoms with Crippen LogP contribution in [0.15, 0.2) is 54.6 Å². The SMILES string of the molecule is COc1ccc(CN2CCC3(CCN(C(C)[C@H]4CNC[C@@H]4c4ccccc4)CC3)C2=O)cc1. The molecule has 2 aromatic rings. The van der Waals surface area contributed by atoms with Crippen LogP contribution < -0.4 is 10.1 Å². The second-order valence-corrected chi connectivity index (χ2v) is 10.2. The largest absolute Gasteiger partial charge is 0.497 e. The molecule has 0 bridgehead atoms. The summed E-state index contributed by atoms with van der Waals surface area (Å²) >= 11 is 0. The van der Waals surface area contributed by atoms with Crippen LogP contribution in [-0.2, 0) is 11.3 Å². The molecule has 5 heteroatoms. The van der Waals surface area contributed by atoms with Gasteiger partial charge in [-0.15, -0.1) is 0 Å². The van der Waals surface area contributed by atoms with E-state index >= 15 is 0 Å². The van der Waals surface area contributed by atoms with Gasteiger partial charge in [0.05, 0.1) is 12.5 Å². The fraction of sp³-hybridized carbons (Fsp3) is 0.536. The van der Waals surface area contributed by atoms with Crippen molar-refractivity contribution in [2.45, 2.75) is 44.7 Å². The van der Waals surface area contributed by atoms with Gasteiger partial charge in [0.15, 0.2) is 0 Å². The second kappa shape index (κ2) is 9.47. The minimum Gasteiger partial charge on any atom is -0.497 e. The molecule has 0 radical (unpaired) electrons. The van der Waals surface area contributed by atoms with Crippen LogP contribution in [-0.4, -0.2) is 61.6 Å². The average Bonchev–Trinajstić information content (AvgIpc) is 3.47. The van der Waals surface area contributed by atoms with Crippen molar-refractivity contribution in [1.29, 1.82) is 0 Å². The van der Waals surface area contributed by atoms with Crippen molar-refractivity contribution in [3.05, 3.63) is 65.7 Å². The summed E-state index contributed by atoms with van der Waals surface area (Å²) in [6.07, 6.45) is 2.98. The number of piperidine rings is 1. The Hall–Kier alpha value is -2.37.